The third kappa shape index (κ3) is 3.24. The van der Waals surface area contributed by atoms with E-state index in [-0.39, 0.29) is 0 Å². The Hall–Kier alpha value is -1.55. The van der Waals surface area contributed by atoms with E-state index in [1.54, 1.807) is 24.3 Å². The molecule has 0 atom stereocenters. The average molecular weight is 242 g/mol. The summed E-state index contributed by atoms with van der Waals surface area (Å²) in [6.07, 6.45) is 0. The largest absolute Gasteiger partial charge is 0.462 e. The van der Waals surface area contributed by atoms with Crippen LogP contribution in [-0.2, 0) is 20.9 Å². The van der Waals surface area contributed by atoms with Gasteiger partial charge in [0, 0.05) is 18.6 Å². The lowest BCUT2D eigenvalue weighted by Gasteiger charge is -2.15. The molecule has 0 heterocycles. The maximum atomic E-state index is 11.4. The minimum atomic E-state index is -0.864. The van der Waals surface area contributed by atoms with Crippen LogP contribution in [0.2, 0.25) is 5.02 Å². The Morgan fingerprint density at radius 1 is 1.31 bits per heavy atom. The quantitative estimate of drug-likeness (QED) is 0.582. The highest BCUT2D eigenvalue weighted by atomic mass is 35.5. The third-order valence-corrected chi connectivity index (χ3v) is 2.29. The van der Waals surface area contributed by atoms with Crippen LogP contribution in [0.25, 0.3) is 0 Å². The molecule has 1 rings (SSSR count). The number of likely N-dealkylation sites (N-methyl/N-ethyl adjacent to an activating group) is 1. The van der Waals surface area contributed by atoms with Crippen molar-refractivity contribution in [2.24, 2.45) is 0 Å². The topological polar surface area (TPSA) is 46.6 Å². The van der Waals surface area contributed by atoms with Crippen molar-refractivity contribution in [1.82, 2.24) is 4.90 Å². The van der Waals surface area contributed by atoms with Crippen molar-refractivity contribution < 1.29 is 14.3 Å². The van der Waals surface area contributed by atoms with Gasteiger partial charge in [-0.25, -0.2) is 4.79 Å². The molecule has 0 unspecified atom stereocenters. The molecule has 0 aliphatic heterocycles. The monoisotopic (exact) mass is 241 g/mol. The van der Waals surface area contributed by atoms with E-state index in [4.69, 9.17) is 11.6 Å². The molecule has 0 saturated heterocycles. The third-order valence-electron chi connectivity index (χ3n) is 2.04. The smallest absolute Gasteiger partial charge is 0.396 e. The molecule has 0 aliphatic carbocycles. The summed E-state index contributed by atoms with van der Waals surface area (Å²) in [6.45, 7) is 0.338. The predicted octanol–water partition coefficient (Wildman–Crippen LogP) is 1.47. The predicted molar refractivity (Wildman–Crippen MR) is 59.9 cm³/mol. The first-order valence-electron chi connectivity index (χ1n) is 4.62. The van der Waals surface area contributed by atoms with Gasteiger partial charge in [0.25, 0.3) is 0 Å². The average Bonchev–Trinajstić information content (AvgIpc) is 2.30. The summed E-state index contributed by atoms with van der Waals surface area (Å²) in [5, 5.41) is 0.630. The van der Waals surface area contributed by atoms with Crippen molar-refractivity contribution in [2.75, 3.05) is 14.2 Å². The van der Waals surface area contributed by atoms with Gasteiger partial charge in [-0.2, -0.15) is 0 Å². The van der Waals surface area contributed by atoms with E-state index in [1.807, 2.05) is 0 Å². The minimum absolute atomic E-state index is 0.338. The summed E-state index contributed by atoms with van der Waals surface area (Å²) in [7, 11) is 2.71. The minimum Gasteiger partial charge on any atom is -0.462 e. The normalized spacial score (nSPS) is 9.69. The summed E-state index contributed by atoms with van der Waals surface area (Å²) in [4.78, 5) is 23.6. The van der Waals surface area contributed by atoms with Gasteiger partial charge in [-0.15, -0.1) is 0 Å². The highest BCUT2D eigenvalue weighted by molar-refractivity contribution is 6.32. The first kappa shape index (κ1) is 12.5. The first-order chi connectivity index (χ1) is 7.54. The Kier molecular flexibility index (Phi) is 4.31. The van der Waals surface area contributed by atoms with Crippen LogP contribution in [0.1, 0.15) is 5.56 Å². The van der Waals surface area contributed by atoms with E-state index in [2.05, 4.69) is 4.74 Å². The molecule has 1 aromatic carbocycles. The van der Waals surface area contributed by atoms with Crippen LogP contribution in [0.5, 0.6) is 0 Å². The van der Waals surface area contributed by atoms with Gasteiger partial charge in [0.15, 0.2) is 0 Å². The second-order valence-electron chi connectivity index (χ2n) is 3.28. The number of hydrogen-bond donors (Lipinski definition) is 0. The van der Waals surface area contributed by atoms with Crippen LogP contribution in [0, 0.1) is 0 Å². The Bertz CT molecular complexity index is 389. The van der Waals surface area contributed by atoms with Crippen LogP contribution in [0.3, 0.4) is 0 Å². The Balaban J connectivity index is 2.64. The number of carbonyl (C=O) groups excluding carboxylic acids is 2. The van der Waals surface area contributed by atoms with Crippen molar-refractivity contribution in [2.45, 2.75) is 6.54 Å². The van der Waals surface area contributed by atoms with E-state index in [9.17, 15) is 9.59 Å². The maximum Gasteiger partial charge on any atom is 0.396 e. The van der Waals surface area contributed by atoms with E-state index in [0.29, 0.717) is 11.6 Å². The van der Waals surface area contributed by atoms with Gasteiger partial charge in [-0.3, -0.25) is 4.79 Å². The fraction of sp³-hybridized carbons (Fsp3) is 0.273. The van der Waals surface area contributed by atoms with Crippen molar-refractivity contribution in [3.63, 3.8) is 0 Å². The molecule has 16 heavy (non-hydrogen) atoms. The zero-order chi connectivity index (χ0) is 12.1. The molecule has 4 nitrogen and oxygen atoms in total. The molecule has 1 aromatic rings. The highest BCUT2D eigenvalue weighted by Crippen LogP contribution is 2.10. The number of ether oxygens (including phenoxy) is 1. The van der Waals surface area contributed by atoms with Gasteiger partial charge in [-0.05, 0) is 17.7 Å². The van der Waals surface area contributed by atoms with Crippen molar-refractivity contribution in [1.29, 1.82) is 0 Å². The molecule has 0 saturated carbocycles. The highest BCUT2D eigenvalue weighted by Gasteiger charge is 2.18. The number of hydrogen-bond acceptors (Lipinski definition) is 3. The Morgan fingerprint density at radius 2 is 1.88 bits per heavy atom. The molecule has 0 fully saturated rings. The van der Waals surface area contributed by atoms with Crippen LogP contribution in [0.4, 0.5) is 0 Å². The fourth-order valence-corrected chi connectivity index (χ4v) is 1.30. The van der Waals surface area contributed by atoms with E-state index < -0.39 is 11.9 Å². The molecule has 0 bridgehead atoms. The molecule has 1 amide bonds. The molecule has 0 spiro atoms. The standard InChI is InChI=1S/C11H12ClNO3/c1-13(10(14)11(15)16-2)7-8-3-5-9(12)6-4-8/h3-6H,7H2,1-2H3. The lowest BCUT2D eigenvalue weighted by Crippen LogP contribution is -2.33. The number of carbonyl (C=O) groups is 2. The summed E-state index contributed by atoms with van der Waals surface area (Å²) in [6, 6.07) is 7.05. The van der Waals surface area contributed by atoms with E-state index in [0.717, 1.165) is 5.56 Å². The lowest BCUT2D eigenvalue weighted by atomic mass is 10.2. The number of methoxy groups -OCH3 is 1. The molecule has 5 heteroatoms. The summed E-state index contributed by atoms with van der Waals surface area (Å²) in [5.74, 6) is -1.53. The summed E-state index contributed by atoms with van der Waals surface area (Å²) < 4.78 is 4.34. The van der Waals surface area contributed by atoms with Crippen LogP contribution in [-0.4, -0.2) is 30.9 Å². The number of halogens is 1. The fourth-order valence-electron chi connectivity index (χ4n) is 1.18. The zero-order valence-corrected chi connectivity index (χ0v) is 9.82. The number of nitrogens with zero attached hydrogens (tertiary/aromatic N) is 1. The SMILES string of the molecule is COC(=O)C(=O)N(C)Cc1ccc(Cl)cc1. The van der Waals surface area contributed by atoms with Gasteiger partial charge in [0.1, 0.15) is 0 Å². The van der Waals surface area contributed by atoms with Gasteiger partial charge in [0.2, 0.25) is 0 Å². The number of benzene rings is 1. The number of rotatable bonds is 2. The van der Waals surface area contributed by atoms with Gasteiger partial charge in [-0.1, -0.05) is 23.7 Å². The van der Waals surface area contributed by atoms with Crippen LogP contribution < -0.4 is 0 Å². The second-order valence-corrected chi connectivity index (χ2v) is 3.72. The van der Waals surface area contributed by atoms with Crippen LogP contribution in [0.15, 0.2) is 24.3 Å². The van der Waals surface area contributed by atoms with E-state index in [1.165, 1.54) is 19.1 Å². The molecule has 0 aromatic heterocycles. The van der Waals surface area contributed by atoms with Crippen molar-refractivity contribution in [3.05, 3.63) is 34.9 Å². The van der Waals surface area contributed by atoms with E-state index >= 15 is 0 Å². The van der Waals surface area contributed by atoms with Gasteiger partial charge in [0.05, 0.1) is 7.11 Å². The molecular formula is C11H12ClNO3. The molecule has 0 aliphatic rings. The first-order valence-corrected chi connectivity index (χ1v) is 5.00. The summed E-state index contributed by atoms with van der Waals surface area (Å²) >= 11 is 5.73. The number of esters is 1. The Morgan fingerprint density at radius 3 is 2.38 bits per heavy atom. The molecule has 86 valence electrons. The van der Waals surface area contributed by atoms with Crippen molar-refractivity contribution in [3.8, 4) is 0 Å². The molecule has 0 radical (unpaired) electrons. The van der Waals surface area contributed by atoms with Crippen molar-refractivity contribution >= 4 is 23.5 Å². The summed E-state index contributed by atoms with van der Waals surface area (Å²) in [5.41, 5.74) is 0.893. The van der Waals surface area contributed by atoms with Gasteiger partial charge >= 0.3 is 11.9 Å². The molecule has 0 N–H and O–H groups in total. The second kappa shape index (κ2) is 5.51. The lowest BCUT2D eigenvalue weighted by molar-refractivity contribution is -0.157. The zero-order valence-electron chi connectivity index (χ0n) is 9.07. The Labute approximate surface area is 98.8 Å². The van der Waals surface area contributed by atoms with Gasteiger partial charge < -0.3 is 9.64 Å². The molecular weight excluding hydrogens is 230 g/mol. The van der Waals surface area contributed by atoms with Crippen LogP contribution >= 0.6 is 11.6 Å². The maximum absolute atomic E-state index is 11.4. The number of amides is 1.